The molecule has 28 heavy (non-hydrogen) atoms. The van der Waals surface area contributed by atoms with Gasteiger partial charge in [-0.05, 0) is 30.5 Å². The van der Waals surface area contributed by atoms with Crippen LogP contribution in [0.15, 0.2) is 34.6 Å². The molecule has 3 nitrogen and oxygen atoms in total. The van der Waals surface area contributed by atoms with E-state index in [0.717, 1.165) is 0 Å². The molecule has 2 heterocycles. The molecule has 0 aromatic rings. The Morgan fingerprint density at radius 1 is 1.18 bits per heavy atom. The van der Waals surface area contributed by atoms with Crippen molar-refractivity contribution in [1.29, 1.82) is 0 Å². The first-order chi connectivity index (χ1) is 13.0. The molecule has 3 atom stereocenters. The zero-order chi connectivity index (χ0) is 20.9. The molecule has 3 aliphatic rings. The van der Waals surface area contributed by atoms with Crippen LogP contribution >= 0.6 is 0 Å². The Morgan fingerprint density at radius 2 is 1.86 bits per heavy atom. The van der Waals surface area contributed by atoms with Crippen LogP contribution in [-0.4, -0.2) is 41.8 Å². The summed E-state index contributed by atoms with van der Waals surface area (Å²) in [7, 11) is 0. The zero-order valence-corrected chi connectivity index (χ0v) is 15.5. The summed E-state index contributed by atoms with van der Waals surface area (Å²) in [6.07, 6.45) is -6.90. The zero-order valence-electron chi connectivity index (χ0n) is 15.5. The van der Waals surface area contributed by atoms with Crippen LogP contribution in [0.5, 0.6) is 0 Å². The third kappa shape index (κ3) is 3.73. The number of allylic oxidation sites excluding steroid dienone is 1. The lowest BCUT2D eigenvalue weighted by Gasteiger charge is -2.47. The van der Waals surface area contributed by atoms with E-state index in [4.69, 9.17) is 0 Å². The number of halogens is 6. The van der Waals surface area contributed by atoms with Crippen LogP contribution in [0, 0.1) is 5.92 Å². The molecular weight excluding hydrogens is 386 g/mol. The van der Waals surface area contributed by atoms with Gasteiger partial charge in [-0.1, -0.05) is 26.0 Å². The highest BCUT2D eigenvalue weighted by Crippen LogP contribution is 2.50. The number of nitrogens with zero attached hydrogens (tertiary/aromatic N) is 1. The summed E-state index contributed by atoms with van der Waals surface area (Å²) in [5.41, 5.74) is -0.243. The molecule has 156 valence electrons. The van der Waals surface area contributed by atoms with E-state index >= 15 is 0 Å². The van der Waals surface area contributed by atoms with E-state index in [1.165, 1.54) is 17.1 Å². The van der Waals surface area contributed by atoms with Gasteiger partial charge in [-0.15, -0.1) is 0 Å². The Bertz CT molecular complexity index is 747. The van der Waals surface area contributed by atoms with Gasteiger partial charge in [-0.25, -0.2) is 0 Å². The molecule has 1 N–H and O–H groups in total. The Labute approximate surface area is 159 Å². The molecule has 1 saturated heterocycles. The SMILES string of the molecule is CCCN1C(CC(F)(F)F)C=CC2=C3CC(=O)NC3=C(C(F)(F)F)C(CC)C21. The fourth-order valence-electron chi connectivity index (χ4n) is 4.63. The average Bonchev–Trinajstić information content (AvgIpc) is 2.93. The number of carbonyl (C=O) groups is 1. The number of alkyl halides is 6. The fraction of sp³-hybridized carbons (Fsp3) is 0.632. The van der Waals surface area contributed by atoms with Crippen LogP contribution in [0.1, 0.15) is 39.5 Å². The maximum Gasteiger partial charge on any atom is 0.415 e. The predicted molar refractivity (Wildman–Crippen MR) is 91.0 cm³/mol. The minimum absolute atomic E-state index is 0.0997. The van der Waals surface area contributed by atoms with Crippen molar-refractivity contribution in [2.45, 2.75) is 64.0 Å². The molecular formula is C19H22F6N2O. The molecule has 0 aromatic carbocycles. The van der Waals surface area contributed by atoms with Gasteiger partial charge < -0.3 is 5.32 Å². The summed E-state index contributed by atoms with van der Waals surface area (Å²) in [4.78, 5) is 13.4. The Morgan fingerprint density at radius 3 is 2.39 bits per heavy atom. The van der Waals surface area contributed by atoms with Gasteiger partial charge in [0, 0.05) is 18.0 Å². The lowest BCUT2D eigenvalue weighted by atomic mass is 9.73. The number of nitrogens with one attached hydrogen (secondary N) is 1. The number of hydrogen-bond donors (Lipinski definition) is 1. The Kier molecular flexibility index (Phi) is 5.42. The van der Waals surface area contributed by atoms with E-state index in [0.29, 0.717) is 12.0 Å². The van der Waals surface area contributed by atoms with Crippen molar-refractivity contribution < 1.29 is 31.1 Å². The van der Waals surface area contributed by atoms with E-state index < -0.39 is 48.3 Å². The summed E-state index contributed by atoms with van der Waals surface area (Å²) >= 11 is 0. The van der Waals surface area contributed by atoms with Crippen molar-refractivity contribution in [3.63, 3.8) is 0 Å². The monoisotopic (exact) mass is 408 g/mol. The summed E-state index contributed by atoms with van der Waals surface area (Å²) < 4.78 is 81.0. The Balaban J connectivity index is 2.17. The van der Waals surface area contributed by atoms with Crippen molar-refractivity contribution in [2.75, 3.05) is 6.54 Å². The third-order valence-electron chi connectivity index (χ3n) is 5.54. The van der Waals surface area contributed by atoms with E-state index in [-0.39, 0.29) is 30.7 Å². The summed E-state index contributed by atoms with van der Waals surface area (Å²) in [5, 5.41) is 2.34. The van der Waals surface area contributed by atoms with E-state index in [9.17, 15) is 31.1 Å². The lowest BCUT2D eigenvalue weighted by molar-refractivity contribution is -0.147. The van der Waals surface area contributed by atoms with E-state index in [2.05, 4.69) is 5.32 Å². The van der Waals surface area contributed by atoms with Gasteiger partial charge in [0.2, 0.25) is 5.91 Å². The minimum Gasteiger partial charge on any atom is -0.325 e. The highest BCUT2D eigenvalue weighted by Gasteiger charge is 2.52. The standard InChI is InChI=1S/C19H22F6N2O/c1-3-7-27-10(9-18(20,21)22)5-6-12-13-8-14(28)26-16(13)15(19(23,24)25)11(4-2)17(12)27/h5-6,10-11,17H,3-4,7-9H2,1-2H3,(H,26,28). The second kappa shape index (κ2) is 7.24. The number of amides is 1. The smallest absolute Gasteiger partial charge is 0.325 e. The second-order valence-electron chi connectivity index (χ2n) is 7.39. The van der Waals surface area contributed by atoms with Gasteiger partial charge in [0.15, 0.2) is 0 Å². The molecule has 1 fully saturated rings. The first-order valence-corrected chi connectivity index (χ1v) is 9.33. The van der Waals surface area contributed by atoms with Crippen LogP contribution < -0.4 is 5.32 Å². The number of carbonyl (C=O) groups excluding carboxylic acids is 1. The van der Waals surface area contributed by atoms with E-state index in [1.54, 1.807) is 13.8 Å². The molecule has 9 heteroatoms. The van der Waals surface area contributed by atoms with Crippen molar-refractivity contribution >= 4 is 5.91 Å². The van der Waals surface area contributed by atoms with Crippen molar-refractivity contribution in [1.82, 2.24) is 10.2 Å². The van der Waals surface area contributed by atoms with Crippen molar-refractivity contribution in [3.8, 4) is 0 Å². The van der Waals surface area contributed by atoms with Gasteiger partial charge in [-0.2, -0.15) is 26.3 Å². The third-order valence-corrected chi connectivity index (χ3v) is 5.54. The molecule has 3 unspecified atom stereocenters. The van der Waals surface area contributed by atoms with Gasteiger partial charge in [0.1, 0.15) is 0 Å². The fourth-order valence-corrected chi connectivity index (χ4v) is 4.63. The molecule has 2 aliphatic heterocycles. The molecule has 1 aliphatic carbocycles. The minimum atomic E-state index is -4.68. The molecule has 1 amide bonds. The summed E-state index contributed by atoms with van der Waals surface area (Å²) in [6, 6.07) is -1.85. The number of rotatable bonds is 4. The summed E-state index contributed by atoms with van der Waals surface area (Å²) in [6.45, 7) is 3.62. The van der Waals surface area contributed by atoms with Crippen molar-refractivity contribution in [3.05, 3.63) is 34.6 Å². The normalized spacial score (nSPS) is 28.6. The molecule has 0 saturated carbocycles. The Hall–Kier alpha value is -1.77. The van der Waals surface area contributed by atoms with Crippen LogP contribution in [0.3, 0.4) is 0 Å². The van der Waals surface area contributed by atoms with E-state index in [1.807, 2.05) is 0 Å². The van der Waals surface area contributed by atoms with Crippen LogP contribution in [0.25, 0.3) is 0 Å². The molecule has 3 rings (SSSR count). The first kappa shape index (κ1) is 21.0. The maximum atomic E-state index is 13.9. The molecule has 0 bridgehead atoms. The highest BCUT2D eigenvalue weighted by atomic mass is 19.4. The number of hydrogen-bond acceptors (Lipinski definition) is 2. The molecule has 0 spiro atoms. The average molecular weight is 408 g/mol. The number of fused-ring (bicyclic) bond motifs is 2. The van der Waals surface area contributed by atoms with Gasteiger partial charge in [0.25, 0.3) is 0 Å². The van der Waals surface area contributed by atoms with Crippen molar-refractivity contribution in [2.24, 2.45) is 5.92 Å². The molecule has 0 radical (unpaired) electrons. The van der Waals surface area contributed by atoms with Gasteiger partial charge >= 0.3 is 12.4 Å². The maximum absolute atomic E-state index is 13.9. The quantitative estimate of drug-likeness (QED) is 0.688. The van der Waals surface area contributed by atoms with Crippen LogP contribution in [-0.2, 0) is 4.79 Å². The first-order valence-electron chi connectivity index (χ1n) is 9.33. The predicted octanol–water partition coefficient (Wildman–Crippen LogP) is 4.63. The topological polar surface area (TPSA) is 32.3 Å². The lowest BCUT2D eigenvalue weighted by Crippen LogP contribution is -2.53. The highest BCUT2D eigenvalue weighted by molar-refractivity contribution is 5.88. The van der Waals surface area contributed by atoms with Gasteiger partial charge in [-0.3, -0.25) is 9.69 Å². The van der Waals surface area contributed by atoms with Crippen LogP contribution in [0.4, 0.5) is 26.3 Å². The second-order valence-corrected chi connectivity index (χ2v) is 7.39. The largest absolute Gasteiger partial charge is 0.415 e. The summed E-state index contributed by atoms with van der Waals surface area (Å²) in [5.74, 6) is -1.57. The van der Waals surface area contributed by atoms with Gasteiger partial charge in [0.05, 0.1) is 24.1 Å². The van der Waals surface area contributed by atoms with Crippen LogP contribution in [0.2, 0.25) is 0 Å². The molecule has 0 aromatic heterocycles.